The summed E-state index contributed by atoms with van der Waals surface area (Å²) < 4.78 is 35.4. The fourth-order valence-electron chi connectivity index (χ4n) is 4.44. The predicted molar refractivity (Wildman–Crippen MR) is 151 cm³/mol. The van der Waals surface area contributed by atoms with E-state index in [-0.39, 0.29) is 11.3 Å². The van der Waals surface area contributed by atoms with Crippen LogP contribution in [0, 0.1) is 13.8 Å². The number of carbonyl (C=O) groups is 1. The average Bonchev–Trinajstić information content (AvgIpc) is 2.92. The Morgan fingerprint density at radius 2 is 1.34 bits per heavy atom. The molecule has 38 heavy (non-hydrogen) atoms. The summed E-state index contributed by atoms with van der Waals surface area (Å²) in [5.41, 5.74) is 4.56. The minimum Gasteiger partial charge on any atom is -0.353 e. The molecule has 3 aromatic rings. The van der Waals surface area contributed by atoms with Gasteiger partial charge in [-0.05, 0) is 32.4 Å². The van der Waals surface area contributed by atoms with Gasteiger partial charge in [0.1, 0.15) is 0 Å². The number of rotatable bonds is 14. The van der Waals surface area contributed by atoms with Crippen LogP contribution in [0.5, 0.6) is 0 Å². The molecule has 0 aliphatic rings. The SMILES string of the molecule is CCCCCCCCS(=O)(=O)N(NC(=O)c1ccncc1)C(OC)(c1ccc(C)cc1)c1ccc(C)cc1. The van der Waals surface area contributed by atoms with E-state index in [1.165, 1.54) is 19.5 Å². The first-order valence-corrected chi connectivity index (χ1v) is 14.8. The second-order valence-electron chi connectivity index (χ2n) is 9.61. The topological polar surface area (TPSA) is 88.6 Å². The molecule has 0 fully saturated rings. The molecule has 0 radical (unpaired) electrons. The Morgan fingerprint density at radius 1 is 0.842 bits per heavy atom. The fraction of sp³-hybridized carbons (Fsp3) is 0.400. The molecule has 1 aromatic heterocycles. The quantitative estimate of drug-likeness (QED) is 0.158. The van der Waals surface area contributed by atoms with Crippen molar-refractivity contribution in [2.75, 3.05) is 12.9 Å². The predicted octanol–water partition coefficient (Wildman–Crippen LogP) is 5.88. The molecule has 0 saturated heterocycles. The first kappa shape index (κ1) is 29.5. The van der Waals surface area contributed by atoms with Gasteiger partial charge in [-0.25, -0.2) is 8.42 Å². The van der Waals surface area contributed by atoms with Crippen LogP contribution in [-0.2, 0) is 20.5 Å². The standard InChI is InChI=1S/C30H39N3O4S/c1-5-6-7-8-9-10-23-38(35,36)33(32-29(34)26-19-21-31-22-20-26)30(37-4,27-15-11-24(2)12-16-27)28-17-13-25(3)14-18-28/h11-22H,5-10,23H2,1-4H3,(H,32,34). The lowest BCUT2D eigenvalue weighted by Crippen LogP contribution is -2.60. The molecule has 7 nitrogen and oxygen atoms in total. The molecule has 204 valence electrons. The van der Waals surface area contributed by atoms with Crippen molar-refractivity contribution in [2.24, 2.45) is 0 Å². The van der Waals surface area contributed by atoms with E-state index in [4.69, 9.17) is 4.74 Å². The number of hydrogen-bond acceptors (Lipinski definition) is 5. The average molecular weight is 538 g/mol. The first-order chi connectivity index (χ1) is 18.2. The summed E-state index contributed by atoms with van der Waals surface area (Å²) in [5, 5.41) is 0. The van der Waals surface area contributed by atoms with Crippen LogP contribution in [0.15, 0.2) is 73.1 Å². The molecule has 0 saturated carbocycles. The van der Waals surface area contributed by atoms with Crippen LogP contribution >= 0.6 is 0 Å². The number of nitrogens with one attached hydrogen (secondary N) is 1. The highest BCUT2D eigenvalue weighted by atomic mass is 32.2. The van der Waals surface area contributed by atoms with Crippen molar-refractivity contribution >= 4 is 15.9 Å². The van der Waals surface area contributed by atoms with Gasteiger partial charge < -0.3 is 4.74 Å². The summed E-state index contributed by atoms with van der Waals surface area (Å²) in [6, 6.07) is 18.0. The number of methoxy groups -OCH3 is 1. The zero-order valence-corrected chi connectivity index (χ0v) is 23.6. The van der Waals surface area contributed by atoms with E-state index < -0.39 is 21.7 Å². The van der Waals surface area contributed by atoms with Crippen molar-refractivity contribution in [3.8, 4) is 0 Å². The van der Waals surface area contributed by atoms with Crippen LogP contribution in [0.2, 0.25) is 0 Å². The molecule has 1 amide bonds. The van der Waals surface area contributed by atoms with Gasteiger partial charge in [-0.3, -0.25) is 15.2 Å². The van der Waals surface area contributed by atoms with Crippen LogP contribution in [0.1, 0.15) is 78.1 Å². The summed E-state index contributed by atoms with van der Waals surface area (Å²) >= 11 is 0. The number of ether oxygens (including phenoxy) is 1. The largest absolute Gasteiger partial charge is 0.353 e. The number of hydrogen-bond donors (Lipinski definition) is 1. The molecule has 0 atom stereocenters. The zero-order chi connectivity index (χ0) is 27.6. The Balaban J connectivity index is 2.12. The molecule has 0 aliphatic heterocycles. The lowest BCUT2D eigenvalue weighted by atomic mass is 9.93. The third kappa shape index (κ3) is 7.07. The van der Waals surface area contributed by atoms with E-state index in [1.54, 1.807) is 12.1 Å². The molecule has 3 rings (SSSR count). The molecular weight excluding hydrogens is 498 g/mol. The second-order valence-corrected chi connectivity index (χ2v) is 11.5. The minimum atomic E-state index is -4.04. The van der Waals surface area contributed by atoms with Crippen molar-refractivity contribution < 1.29 is 17.9 Å². The van der Waals surface area contributed by atoms with Gasteiger partial charge in [0.15, 0.2) is 0 Å². The molecule has 0 bridgehead atoms. The Morgan fingerprint density at radius 3 is 1.84 bits per heavy atom. The Hall–Kier alpha value is -3.07. The van der Waals surface area contributed by atoms with Gasteiger partial charge in [-0.1, -0.05) is 103 Å². The molecule has 8 heteroatoms. The molecule has 0 unspecified atom stereocenters. The Labute approximate surface area is 227 Å². The van der Waals surface area contributed by atoms with Crippen LogP contribution in [0.25, 0.3) is 0 Å². The number of sulfonamides is 1. The highest BCUT2D eigenvalue weighted by Gasteiger charge is 2.48. The van der Waals surface area contributed by atoms with Crippen LogP contribution in [-0.4, -0.2) is 36.6 Å². The van der Waals surface area contributed by atoms with Gasteiger partial charge in [0, 0.05) is 36.2 Å². The molecule has 1 heterocycles. The van der Waals surface area contributed by atoms with E-state index in [2.05, 4.69) is 17.3 Å². The number of benzene rings is 2. The monoisotopic (exact) mass is 537 g/mol. The maximum atomic E-state index is 14.1. The summed E-state index contributed by atoms with van der Waals surface area (Å²) in [6.45, 7) is 6.07. The fourth-order valence-corrected chi connectivity index (χ4v) is 6.09. The maximum absolute atomic E-state index is 14.1. The number of unbranched alkanes of at least 4 members (excludes halogenated alkanes) is 5. The maximum Gasteiger partial charge on any atom is 0.266 e. The van der Waals surface area contributed by atoms with Crippen LogP contribution < -0.4 is 5.43 Å². The highest BCUT2D eigenvalue weighted by Crippen LogP contribution is 2.38. The van der Waals surface area contributed by atoms with Crippen molar-refractivity contribution in [1.82, 2.24) is 14.8 Å². The van der Waals surface area contributed by atoms with E-state index >= 15 is 0 Å². The normalized spacial score (nSPS) is 12.0. The molecule has 0 spiro atoms. The van der Waals surface area contributed by atoms with Gasteiger partial charge in [0.2, 0.25) is 15.7 Å². The molecule has 1 N–H and O–H groups in total. The highest BCUT2D eigenvalue weighted by molar-refractivity contribution is 7.89. The van der Waals surface area contributed by atoms with Gasteiger partial charge in [-0.15, -0.1) is 0 Å². The summed E-state index contributed by atoms with van der Waals surface area (Å²) in [7, 11) is -2.58. The number of nitrogens with zero attached hydrogens (tertiary/aromatic N) is 2. The van der Waals surface area contributed by atoms with Crippen LogP contribution in [0.3, 0.4) is 0 Å². The van der Waals surface area contributed by atoms with Gasteiger partial charge in [0.25, 0.3) is 5.91 Å². The van der Waals surface area contributed by atoms with E-state index in [9.17, 15) is 13.2 Å². The van der Waals surface area contributed by atoms with Gasteiger partial charge in [0.05, 0.1) is 5.75 Å². The number of carbonyl (C=O) groups excluding carboxylic acids is 1. The van der Waals surface area contributed by atoms with Crippen molar-refractivity contribution in [3.05, 3.63) is 101 Å². The number of pyridine rings is 1. The number of aromatic nitrogens is 1. The summed E-state index contributed by atoms with van der Waals surface area (Å²) in [6.07, 6.45) is 8.56. The number of hydrazine groups is 1. The lowest BCUT2D eigenvalue weighted by molar-refractivity contribution is -0.0836. The van der Waals surface area contributed by atoms with E-state index in [1.807, 2.05) is 62.4 Å². The first-order valence-electron chi connectivity index (χ1n) is 13.2. The number of aryl methyl sites for hydroxylation is 2. The zero-order valence-electron chi connectivity index (χ0n) is 22.8. The third-order valence-corrected chi connectivity index (χ3v) is 8.36. The summed E-state index contributed by atoms with van der Waals surface area (Å²) in [5.74, 6) is -0.696. The van der Waals surface area contributed by atoms with Crippen molar-refractivity contribution in [2.45, 2.75) is 65.0 Å². The summed E-state index contributed by atoms with van der Waals surface area (Å²) in [4.78, 5) is 17.3. The smallest absolute Gasteiger partial charge is 0.266 e. The molecule has 2 aromatic carbocycles. The van der Waals surface area contributed by atoms with Gasteiger partial charge >= 0.3 is 0 Å². The molecular formula is C30H39N3O4S. The van der Waals surface area contributed by atoms with Crippen molar-refractivity contribution in [1.29, 1.82) is 0 Å². The van der Waals surface area contributed by atoms with E-state index in [0.717, 1.165) is 47.6 Å². The lowest BCUT2D eigenvalue weighted by Gasteiger charge is -2.42. The van der Waals surface area contributed by atoms with Crippen molar-refractivity contribution in [3.63, 3.8) is 0 Å². The molecule has 0 aliphatic carbocycles. The minimum absolute atomic E-state index is 0.126. The number of amides is 1. The Kier molecular flexibility index (Phi) is 10.6. The Bertz CT molecular complexity index is 1220. The van der Waals surface area contributed by atoms with Crippen LogP contribution in [0.4, 0.5) is 0 Å². The van der Waals surface area contributed by atoms with Gasteiger partial charge in [-0.2, -0.15) is 0 Å². The van der Waals surface area contributed by atoms with E-state index in [0.29, 0.717) is 17.5 Å². The second kappa shape index (κ2) is 13.6. The third-order valence-electron chi connectivity index (χ3n) is 6.65.